The van der Waals surface area contributed by atoms with E-state index in [1.165, 1.54) is 42.7 Å². The van der Waals surface area contributed by atoms with Crippen molar-refractivity contribution in [3.8, 4) is 0 Å². The highest BCUT2D eigenvalue weighted by atomic mass is 35.5. The Morgan fingerprint density at radius 3 is 1.27 bits per heavy atom. The van der Waals surface area contributed by atoms with E-state index in [2.05, 4.69) is 74.1 Å². The van der Waals surface area contributed by atoms with Crippen LogP contribution in [0.4, 0.5) is 8.78 Å². The van der Waals surface area contributed by atoms with E-state index in [0.29, 0.717) is 26.3 Å². The Kier molecular flexibility index (Phi) is 30.2. The summed E-state index contributed by atoms with van der Waals surface area (Å²) in [6.07, 6.45) is 8.88. The summed E-state index contributed by atoms with van der Waals surface area (Å²) in [4.78, 5) is 16.4. The summed E-state index contributed by atoms with van der Waals surface area (Å²) in [6, 6.07) is 20.1. The first-order chi connectivity index (χ1) is 22.7. The van der Waals surface area contributed by atoms with Gasteiger partial charge in [-0.25, -0.2) is 8.78 Å². The lowest BCUT2D eigenvalue weighted by Gasteiger charge is -2.19. The van der Waals surface area contributed by atoms with Crippen molar-refractivity contribution in [3.63, 3.8) is 0 Å². The molecule has 0 aliphatic carbocycles. The van der Waals surface area contributed by atoms with Crippen LogP contribution in [0, 0.1) is 18.6 Å². The fourth-order valence-electron chi connectivity index (χ4n) is 5.89. The summed E-state index contributed by atoms with van der Waals surface area (Å²) >= 11 is 0. The predicted octanol–water partition coefficient (Wildman–Crippen LogP) is 9.81. The van der Waals surface area contributed by atoms with Gasteiger partial charge in [-0.3, -0.25) is 0 Å². The molecule has 2 N–H and O–H groups in total. The molecular weight excluding hydrogens is 736 g/mol. The van der Waals surface area contributed by atoms with Crippen LogP contribution >= 0.6 is 49.6 Å². The third kappa shape index (κ3) is 22.3. The van der Waals surface area contributed by atoms with Gasteiger partial charge < -0.3 is 19.5 Å². The smallest absolute Gasteiger partial charge is 0.123 e. The molecule has 6 nitrogen and oxygen atoms in total. The van der Waals surface area contributed by atoms with Gasteiger partial charge in [-0.15, -0.1) is 49.6 Å². The highest BCUT2D eigenvalue weighted by Gasteiger charge is 2.14. The van der Waals surface area contributed by atoms with Crippen molar-refractivity contribution in [3.05, 3.63) is 106 Å². The molecule has 0 saturated carbocycles. The maximum atomic E-state index is 13.6. The van der Waals surface area contributed by atoms with E-state index in [0.717, 1.165) is 73.9 Å². The van der Waals surface area contributed by atoms with Crippen LogP contribution in [-0.2, 0) is 22.8 Å². The molecule has 0 fully saturated rings. The standard InChI is InChI=1S/C39H58F2N4O2.4ClH/c1-31-24-32(27-42-46-29-36(12-8-6-10-22-44(2)3)34-14-18-38(40)19-15-34)26-33(25-31)28-43-47-30-37(13-9-7-11-23-45(4)5)35-16-20-39(41)21-17-35;;;;/h14-21,24-26,36-37,42-43H,6-13,22-23,27-30H2,1-5H3;4*1H. The van der Waals surface area contributed by atoms with Crippen molar-refractivity contribution in [2.45, 2.75) is 83.2 Å². The number of nitrogens with zero attached hydrogens (tertiary/aromatic N) is 2. The summed E-state index contributed by atoms with van der Waals surface area (Å²) in [5.41, 5.74) is 12.0. The van der Waals surface area contributed by atoms with E-state index in [9.17, 15) is 8.78 Å². The summed E-state index contributed by atoms with van der Waals surface area (Å²) in [5.74, 6) is -0.0274. The monoisotopic (exact) mass is 796 g/mol. The molecule has 3 aromatic carbocycles. The average Bonchev–Trinajstić information content (AvgIpc) is 3.03. The molecule has 12 heteroatoms. The maximum absolute atomic E-state index is 13.6. The van der Waals surface area contributed by atoms with Crippen molar-refractivity contribution in [1.82, 2.24) is 20.8 Å². The lowest BCUT2D eigenvalue weighted by Crippen LogP contribution is -2.20. The van der Waals surface area contributed by atoms with Gasteiger partial charge in [0, 0.05) is 24.9 Å². The lowest BCUT2D eigenvalue weighted by atomic mass is 9.94. The minimum Gasteiger partial charge on any atom is -0.309 e. The van der Waals surface area contributed by atoms with E-state index in [1.54, 1.807) is 0 Å². The second-order valence-corrected chi connectivity index (χ2v) is 13.4. The molecule has 0 bridgehead atoms. The van der Waals surface area contributed by atoms with Gasteiger partial charge >= 0.3 is 0 Å². The van der Waals surface area contributed by atoms with Crippen LogP contribution in [0.1, 0.15) is 91.0 Å². The van der Waals surface area contributed by atoms with E-state index < -0.39 is 0 Å². The maximum Gasteiger partial charge on any atom is 0.123 e. The van der Waals surface area contributed by atoms with Gasteiger partial charge in [-0.05, 0) is 120 Å². The van der Waals surface area contributed by atoms with Crippen LogP contribution in [0.5, 0.6) is 0 Å². The van der Waals surface area contributed by atoms with Gasteiger partial charge in [-0.1, -0.05) is 73.7 Å². The summed E-state index contributed by atoms with van der Waals surface area (Å²) in [5, 5.41) is 0. The lowest BCUT2D eigenvalue weighted by molar-refractivity contribution is 0.0241. The van der Waals surface area contributed by atoms with Gasteiger partial charge in [0.05, 0.1) is 13.2 Å². The fraction of sp³-hybridized carbons (Fsp3) is 0.538. The third-order valence-corrected chi connectivity index (χ3v) is 8.52. The van der Waals surface area contributed by atoms with E-state index in [4.69, 9.17) is 9.68 Å². The fourth-order valence-corrected chi connectivity index (χ4v) is 5.89. The first kappa shape index (κ1) is 51.5. The first-order valence-corrected chi connectivity index (χ1v) is 17.3. The molecule has 0 radical (unpaired) electrons. The normalized spacial score (nSPS) is 12.0. The van der Waals surface area contributed by atoms with Gasteiger partial charge in [-0.2, -0.15) is 11.0 Å². The molecule has 0 aromatic heterocycles. The molecule has 3 rings (SSSR count). The Morgan fingerprint density at radius 2 is 0.922 bits per heavy atom. The van der Waals surface area contributed by atoms with E-state index in [-0.39, 0.29) is 73.1 Å². The van der Waals surface area contributed by atoms with Gasteiger partial charge in [0.15, 0.2) is 0 Å². The van der Waals surface area contributed by atoms with Gasteiger partial charge in [0.1, 0.15) is 11.6 Å². The van der Waals surface area contributed by atoms with Crippen LogP contribution in [0.15, 0.2) is 66.7 Å². The molecule has 51 heavy (non-hydrogen) atoms. The van der Waals surface area contributed by atoms with Gasteiger partial charge in [0.25, 0.3) is 0 Å². The van der Waals surface area contributed by atoms with Crippen LogP contribution in [-0.4, -0.2) is 64.3 Å². The number of rotatable bonds is 24. The Bertz CT molecular complexity index is 1180. The second-order valence-electron chi connectivity index (χ2n) is 13.4. The highest BCUT2D eigenvalue weighted by Crippen LogP contribution is 2.25. The molecule has 0 saturated heterocycles. The second kappa shape index (κ2) is 29.8. The van der Waals surface area contributed by atoms with Crippen molar-refractivity contribution < 1.29 is 18.5 Å². The molecule has 0 amide bonds. The summed E-state index contributed by atoms with van der Waals surface area (Å²) in [7, 11) is 8.41. The third-order valence-electron chi connectivity index (χ3n) is 8.52. The SMILES string of the molecule is Cc1cc(CNOCC(CCCCCN(C)C)c2ccc(F)cc2)cc(CNOCC(CCCCCN(C)C)c2ccc(F)cc2)c1.Cl.Cl.Cl.Cl. The molecular formula is C39H62Cl4F2N4O2. The Morgan fingerprint density at radius 1 is 0.549 bits per heavy atom. The van der Waals surface area contributed by atoms with Crippen molar-refractivity contribution in [2.24, 2.45) is 0 Å². The average molecular weight is 799 g/mol. The molecule has 0 aliphatic heterocycles. The number of nitrogens with one attached hydrogen (secondary N) is 2. The number of benzene rings is 3. The zero-order chi connectivity index (χ0) is 33.9. The number of halogens is 6. The number of unbranched alkanes of at least 4 members (excludes halogenated alkanes) is 4. The van der Waals surface area contributed by atoms with Gasteiger partial charge in [0.2, 0.25) is 0 Å². The van der Waals surface area contributed by atoms with Crippen molar-refractivity contribution in [1.29, 1.82) is 0 Å². The molecule has 3 aromatic rings. The van der Waals surface area contributed by atoms with Crippen LogP contribution in [0.3, 0.4) is 0 Å². The van der Waals surface area contributed by atoms with E-state index >= 15 is 0 Å². The van der Waals surface area contributed by atoms with Crippen molar-refractivity contribution >= 4 is 49.6 Å². The molecule has 292 valence electrons. The molecule has 0 heterocycles. The minimum atomic E-state index is -0.216. The largest absolute Gasteiger partial charge is 0.309 e. The topological polar surface area (TPSA) is 49.0 Å². The van der Waals surface area contributed by atoms with Crippen LogP contribution in [0.25, 0.3) is 0 Å². The minimum absolute atomic E-state index is 0. The zero-order valence-electron chi connectivity index (χ0n) is 31.0. The van der Waals surface area contributed by atoms with Crippen molar-refractivity contribution in [2.75, 3.05) is 54.5 Å². The summed E-state index contributed by atoms with van der Waals surface area (Å²) < 4.78 is 27.1. The number of hydrogen-bond acceptors (Lipinski definition) is 6. The number of hydroxylamine groups is 2. The Balaban J connectivity index is 0. The predicted molar refractivity (Wildman–Crippen MR) is 218 cm³/mol. The molecule has 0 aliphatic rings. The van der Waals surface area contributed by atoms with E-state index in [1.807, 2.05) is 24.3 Å². The highest BCUT2D eigenvalue weighted by molar-refractivity contribution is 5.86. The first-order valence-electron chi connectivity index (χ1n) is 17.3. The quantitative estimate of drug-likeness (QED) is 0.0696. The Hall–Kier alpha value is -1.56. The molecule has 0 spiro atoms. The zero-order valence-corrected chi connectivity index (χ0v) is 34.3. The molecule has 2 unspecified atom stereocenters. The van der Waals surface area contributed by atoms with Crippen LogP contribution < -0.4 is 11.0 Å². The Labute approximate surface area is 331 Å². The number of aryl methyl sites for hydroxylation is 1. The molecule has 2 atom stereocenters. The number of hydrogen-bond donors (Lipinski definition) is 2. The van der Waals surface area contributed by atoms with Crippen LogP contribution in [0.2, 0.25) is 0 Å². The summed E-state index contributed by atoms with van der Waals surface area (Å²) in [6.45, 7) is 6.48.